The van der Waals surface area contributed by atoms with Crippen molar-refractivity contribution in [2.24, 2.45) is 11.7 Å². The summed E-state index contributed by atoms with van der Waals surface area (Å²) >= 11 is 0. The fourth-order valence-electron chi connectivity index (χ4n) is 3.41. The molecule has 3 rings (SSSR count). The van der Waals surface area contributed by atoms with Gasteiger partial charge in [-0.25, -0.2) is 0 Å². The highest BCUT2D eigenvalue weighted by Gasteiger charge is 2.41. The summed E-state index contributed by atoms with van der Waals surface area (Å²) in [5, 5.41) is 0. The second kappa shape index (κ2) is 6.75. The molecule has 1 aliphatic carbocycles. The van der Waals surface area contributed by atoms with E-state index in [-0.39, 0.29) is 5.91 Å². The summed E-state index contributed by atoms with van der Waals surface area (Å²) in [6, 6.07) is 18.1. The van der Waals surface area contributed by atoms with Gasteiger partial charge in [-0.15, -0.1) is 0 Å². The van der Waals surface area contributed by atoms with Crippen LogP contribution in [0.1, 0.15) is 11.1 Å². The largest absolute Gasteiger partial charge is 0.497 e. The van der Waals surface area contributed by atoms with E-state index in [2.05, 4.69) is 18.2 Å². The van der Waals surface area contributed by atoms with E-state index in [0.29, 0.717) is 6.42 Å². The molecule has 2 N–H and O–H groups in total. The van der Waals surface area contributed by atoms with Gasteiger partial charge in [-0.2, -0.15) is 0 Å². The summed E-state index contributed by atoms with van der Waals surface area (Å²) < 4.78 is 5.26. The summed E-state index contributed by atoms with van der Waals surface area (Å²) in [4.78, 5) is 12.2. The van der Waals surface area contributed by atoms with E-state index < -0.39 is 11.3 Å². The number of hydrogen-bond donors (Lipinski definition) is 1. The van der Waals surface area contributed by atoms with Gasteiger partial charge in [-0.3, -0.25) is 4.79 Å². The molecule has 0 aromatic heterocycles. The maximum absolute atomic E-state index is 12.2. The molecule has 2 aromatic rings. The van der Waals surface area contributed by atoms with Gasteiger partial charge in [0.1, 0.15) is 5.75 Å². The van der Waals surface area contributed by atoms with E-state index in [9.17, 15) is 4.79 Å². The highest BCUT2D eigenvalue weighted by atomic mass is 16.5. The summed E-state index contributed by atoms with van der Waals surface area (Å²) in [6.45, 7) is 0. The van der Waals surface area contributed by atoms with Crippen molar-refractivity contribution in [2.45, 2.75) is 11.8 Å². The summed E-state index contributed by atoms with van der Waals surface area (Å²) in [7, 11) is 1.64. The number of amides is 1. The fraction of sp³-hybridized carbons (Fsp3) is 0.190. The second-order valence-corrected chi connectivity index (χ2v) is 6.06. The van der Waals surface area contributed by atoms with Gasteiger partial charge >= 0.3 is 0 Å². The first-order valence-electron chi connectivity index (χ1n) is 7.99. The van der Waals surface area contributed by atoms with E-state index in [0.717, 1.165) is 11.3 Å². The van der Waals surface area contributed by atoms with Crippen LogP contribution >= 0.6 is 0 Å². The highest BCUT2D eigenvalue weighted by Crippen LogP contribution is 2.41. The van der Waals surface area contributed by atoms with Crippen LogP contribution < -0.4 is 10.5 Å². The normalized spacial score (nSPS) is 22.3. The molecule has 1 amide bonds. The Labute approximate surface area is 142 Å². The molecular formula is C21H21NO2. The first-order chi connectivity index (χ1) is 11.7. The van der Waals surface area contributed by atoms with Crippen LogP contribution in [0.5, 0.6) is 5.75 Å². The maximum atomic E-state index is 12.2. The molecule has 2 unspecified atom stereocenters. The number of ether oxygens (including phenoxy) is 1. The lowest BCUT2D eigenvalue weighted by molar-refractivity contribution is -0.121. The van der Waals surface area contributed by atoms with Gasteiger partial charge in [0, 0.05) is 5.41 Å². The quantitative estimate of drug-likeness (QED) is 0.918. The molecule has 2 aromatic carbocycles. The van der Waals surface area contributed by atoms with Gasteiger partial charge in [0.05, 0.1) is 13.0 Å². The van der Waals surface area contributed by atoms with Crippen LogP contribution in [-0.4, -0.2) is 13.0 Å². The van der Waals surface area contributed by atoms with Crippen LogP contribution in [0.25, 0.3) is 0 Å². The Bertz CT molecular complexity index is 762. The first kappa shape index (κ1) is 16.1. The fourth-order valence-corrected chi connectivity index (χ4v) is 3.41. The lowest BCUT2D eigenvalue weighted by atomic mass is 9.64. The third-order valence-electron chi connectivity index (χ3n) is 4.64. The van der Waals surface area contributed by atoms with Crippen LogP contribution in [0.2, 0.25) is 0 Å². The number of carbonyl (C=O) groups is 1. The SMILES string of the molecule is COc1ccc(C2(Cc3ccccc3)C=CC=CC2C(N)=O)cc1. The van der Waals surface area contributed by atoms with Crippen molar-refractivity contribution >= 4 is 5.91 Å². The zero-order chi connectivity index (χ0) is 17.0. The third kappa shape index (κ3) is 2.98. The molecule has 0 radical (unpaired) electrons. The Morgan fingerprint density at radius 3 is 2.42 bits per heavy atom. The Kier molecular flexibility index (Phi) is 4.52. The molecule has 0 bridgehead atoms. The minimum Gasteiger partial charge on any atom is -0.497 e. The minimum atomic E-state index is -0.492. The number of benzene rings is 2. The number of nitrogens with two attached hydrogens (primary N) is 1. The van der Waals surface area contributed by atoms with Crippen LogP contribution in [-0.2, 0) is 16.6 Å². The second-order valence-electron chi connectivity index (χ2n) is 6.06. The molecule has 0 saturated carbocycles. The molecule has 0 heterocycles. The molecule has 0 fully saturated rings. The molecule has 0 saturated heterocycles. The van der Waals surface area contributed by atoms with E-state index in [1.165, 1.54) is 5.56 Å². The van der Waals surface area contributed by atoms with Crippen LogP contribution in [0.15, 0.2) is 78.9 Å². The Hall–Kier alpha value is -2.81. The zero-order valence-corrected chi connectivity index (χ0v) is 13.7. The minimum absolute atomic E-state index is 0.317. The summed E-state index contributed by atoms with van der Waals surface area (Å²) in [5.74, 6) is 0.0815. The van der Waals surface area contributed by atoms with Gasteiger partial charge in [0.25, 0.3) is 0 Å². The van der Waals surface area contributed by atoms with Gasteiger partial charge < -0.3 is 10.5 Å². The number of allylic oxidation sites excluding steroid dienone is 3. The van der Waals surface area contributed by atoms with E-state index in [1.807, 2.05) is 60.7 Å². The molecule has 0 spiro atoms. The van der Waals surface area contributed by atoms with Crippen molar-refractivity contribution in [1.29, 1.82) is 0 Å². The summed E-state index contributed by atoms with van der Waals surface area (Å²) in [6.07, 6.45) is 8.58. The molecule has 3 heteroatoms. The lowest BCUT2D eigenvalue weighted by Crippen LogP contribution is -2.43. The Morgan fingerprint density at radius 2 is 1.79 bits per heavy atom. The van der Waals surface area contributed by atoms with E-state index in [1.54, 1.807) is 7.11 Å². The standard InChI is InChI=1S/C21H21NO2/c1-24-18-12-10-17(11-13-18)21(15-16-7-3-2-4-8-16)14-6-5-9-19(21)20(22)23/h2-14,19H,15H2,1H3,(H2,22,23). The number of carbonyl (C=O) groups excluding carboxylic acids is 1. The predicted octanol–water partition coefficient (Wildman–Crippen LogP) is 3.40. The number of rotatable bonds is 5. The van der Waals surface area contributed by atoms with Crippen LogP contribution in [0.4, 0.5) is 0 Å². The molecular weight excluding hydrogens is 298 g/mol. The molecule has 0 aliphatic heterocycles. The average Bonchev–Trinajstić information content (AvgIpc) is 2.63. The van der Waals surface area contributed by atoms with Crippen molar-refractivity contribution in [3.8, 4) is 5.75 Å². The topological polar surface area (TPSA) is 52.3 Å². The molecule has 3 nitrogen and oxygen atoms in total. The van der Waals surface area contributed by atoms with E-state index >= 15 is 0 Å². The van der Waals surface area contributed by atoms with Crippen LogP contribution in [0, 0.1) is 5.92 Å². The van der Waals surface area contributed by atoms with Gasteiger partial charge in [-0.05, 0) is 29.7 Å². The molecule has 24 heavy (non-hydrogen) atoms. The predicted molar refractivity (Wildman–Crippen MR) is 95.8 cm³/mol. The number of primary amides is 1. The van der Waals surface area contributed by atoms with Crippen molar-refractivity contribution in [3.63, 3.8) is 0 Å². The van der Waals surface area contributed by atoms with Crippen molar-refractivity contribution in [1.82, 2.24) is 0 Å². The average molecular weight is 319 g/mol. The summed E-state index contributed by atoms with van der Waals surface area (Å²) in [5.41, 5.74) is 7.47. The van der Waals surface area contributed by atoms with Crippen molar-refractivity contribution in [3.05, 3.63) is 90.0 Å². The Balaban J connectivity index is 2.10. The lowest BCUT2D eigenvalue weighted by Gasteiger charge is -2.38. The van der Waals surface area contributed by atoms with Gasteiger partial charge in [-0.1, -0.05) is 66.8 Å². The smallest absolute Gasteiger partial charge is 0.225 e. The van der Waals surface area contributed by atoms with E-state index in [4.69, 9.17) is 10.5 Å². The zero-order valence-electron chi connectivity index (χ0n) is 13.7. The monoisotopic (exact) mass is 319 g/mol. The van der Waals surface area contributed by atoms with Gasteiger partial charge in [0.2, 0.25) is 5.91 Å². The molecule has 2 atom stereocenters. The van der Waals surface area contributed by atoms with Crippen LogP contribution in [0.3, 0.4) is 0 Å². The van der Waals surface area contributed by atoms with Crippen molar-refractivity contribution in [2.75, 3.05) is 7.11 Å². The number of hydrogen-bond acceptors (Lipinski definition) is 2. The highest BCUT2D eigenvalue weighted by molar-refractivity contribution is 5.82. The van der Waals surface area contributed by atoms with Crippen molar-refractivity contribution < 1.29 is 9.53 Å². The van der Waals surface area contributed by atoms with Gasteiger partial charge in [0.15, 0.2) is 0 Å². The molecule has 1 aliphatic rings. The third-order valence-corrected chi connectivity index (χ3v) is 4.64. The Morgan fingerprint density at radius 1 is 1.08 bits per heavy atom. The maximum Gasteiger partial charge on any atom is 0.225 e. The molecule has 122 valence electrons. The first-order valence-corrected chi connectivity index (χ1v) is 7.99. The number of methoxy groups -OCH3 is 1.